The quantitative estimate of drug-likeness (QED) is 0.677. The van der Waals surface area contributed by atoms with Crippen LogP contribution in [0.3, 0.4) is 0 Å². The molecule has 2 atom stereocenters. The van der Waals surface area contributed by atoms with Crippen LogP contribution in [-0.4, -0.2) is 7.05 Å². The van der Waals surface area contributed by atoms with E-state index in [1.165, 1.54) is 6.42 Å². The Balaban J connectivity index is 4.42. The van der Waals surface area contributed by atoms with Gasteiger partial charge in [0.25, 0.3) is 0 Å². The van der Waals surface area contributed by atoms with Crippen LogP contribution < -0.4 is 5.32 Å². The van der Waals surface area contributed by atoms with E-state index < -0.39 is 0 Å². The van der Waals surface area contributed by atoms with Gasteiger partial charge < -0.3 is 5.32 Å². The average molecular weight is 193 g/mol. The molecule has 0 fully saturated rings. The molecule has 0 aliphatic carbocycles. The molecule has 0 radical (unpaired) electrons. The minimum Gasteiger partial charge on any atom is -0.394 e. The molecule has 1 heteroatoms. The molecular formula is C13H23N. The Morgan fingerprint density at radius 1 is 1.21 bits per heavy atom. The van der Waals surface area contributed by atoms with Crippen molar-refractivity contribution < 1.29 is 0 Å². The van der Waals surface area contributed by atoms with Crippen molar-refractivity contribution in [3.8, 4) is 11.8 Å². The Morgan fingerprint density at radius 3 is 2.29 bits per heavy atom. The molecular weight excluding hydrogens is 170 g/mol. The predicted molar refractivity (Wildman–Crippen MR) is 63.8 cm³/mol. The Morgan fingerprint density at radius 2 is 1.86 bits per heavy atom. The van der Waals surface area contributed by atoms with Gasteiger partial charge >= 0.3 is 0 Å². The Bertz CT molecular complexity index is 217. The fourth-order valence-electron chi connectivity index (χ4n) is 1.10. The summed E-state index contributed by atoms with van der Waals surface area (Å²) in [5, 5.41) is 3.02. The SMILES string of the molecule is CCC(C)C(C#CC(C)C)/C=C\NC. The van der Waals surface area contributed by atoms with Gasteiger partial charge in [-0.15, -0.1) is 0 Å². The van der Waals surface area contributed by atoms with E-state index in [0.717, 1.165) is 0 Å². The van der Waals surface area contributed by atoms with Gasteiger partial charge in [0.05, 0.1) is 0 Å². The third-order valence-electron chi connectivity index (χ3n) is 2.27. The van der Waals surface area contributed by atoms with Crippen molar-refractivity contribution in [2.24, 2.45) is 17.8 Å². The molecule has 1 N–H and O–H groups in total. The highest BCUT2D eigenvalue weighted by molar-refractivity contribution is 5.13. The van der Waals surface area contributed by atoms with Crippen LogP contribution in [0.1, 0.15) is 34.1 Å². The third-order valence-corrected chi connectivity index (χ3v) is 2.27. The van der Waals surface area contributed by atoms with Crippen LogP contribution in [0.5, 0.6) is 0 Å². The third kappa shape index (κ3) is 5.70. The molecule has 0 spiro atoms. The molecule has 0 heterocycles. The monoisotopic (exact) mass is 193 g/mol. The van der Waals surface area contributed by atoms with Crippen molar-refractivity contribution in [2.45, 2.75) is 34.1 Å². The summed E-state index contributed by atoms with van der Waals surface area (Å²) in [6, 6.07) is 0. The molecule has 0 rings (SSSR count). The number of hydrogen-bond donors (Lipinski definition) is 1. The standard InChI is InChI=1S/C13H23N/c1-6-12(4)13(9-10-14-5)8-7-11(2)3/h9-14H,6H2,1-5H3/b10-9-. The van der Waals surface area contributed by atoms with Crippen LogP contribution in [0, 0.1) is 29.6 Å². The second-order valence-corrected chi connectivity index (χ2v) is 4.00. The predicted octanol–water partition coefficient (Wildman–Crippen LogP) is 3.04. The van der Waals surface area contributed by atoms with E-state index in [1.807, 2.05) is 13.2 Å². The first-order chi connectivity index (χ1) is 6.61. The number of hydrogen-bond acceptors (Lipinski definition) is 1. The minimum absolute atomic E-state index is 0.384. The first-order valence-corrected chi connectivity index (χ1v) is 5.46. The van der Waals surface area contributed by atoms with Crippen LogP contribution in [0.2, 0.25) is 0 Å². The van der Waals surface area contributed by atoms with Crippen molar-refractivity contribution in [1.82, 2.24) is 5.32 Å². The van der Waals surface area contributed by atoms with Crippen LogP contribution in [0.15, 0.2) is 12.3 Å². The largest absolute Gasteiger partial charge is 0.394 e. The molecule has 1 nitrogen and oxygen atoms in total. The zero-order chi connectivity index (χ0) is 11.0. The van der Waals surface area contributed by atoms with Crippen molar-refractivity contribution >= 4 is 0 Å². The van der Waals surface area contributed by atoms with Crippen LogP contribution >= 0.6 is 0 Å². The molecule has 0 aromatic carbocycles. The highest BCUT2D eigenvalue weighted by Gasteiger charge is 2.08. The van der Waals surface area contributed by atoms with Gasteiger partial charge in [0, 0.05) is 18.9 Å². The summed E-state index contributed by atoms with van der Waals surface area (Å²) in [5.74, 6) is 8.05. The molecule has 0 saturated heterocycles. The van der Waals surface area contributed by atoms with E-state index in [2.05, 4.69) is 50.9 Å². The maximum Gasteiger partial charge on any atom is 0.0425 e. The van der Waals surface area contributed by atoms with Gasteiger partial charge in [-0.05, 0) is 12.1 Å². The normalized spacial score (nSPS) is 15.0. The molecule has 2 unspecified atom stereocenters. The lowest BCUT2D eigenvalue weighted by molar-refractivity contribution is 0.493. The van der Waals surface area contributed by atoms with E-state index in [1.54, 1.807) is 0 Å². The second-order valence-electron chi connectivity index (χ2n) is 4.00. The number of allylic oxidation sites excluding steroid dienone is 1. The maximum absolute atomic E-state index is 3.33. The van der Waals surface area contributed by atoms with Crippen LogP contribution in [0.4, 0.5) is 0 Å². The van der Waals surface area contributed by atoms with E-state index in [0.29, 0.717) is 17.8 Å². The number of rotatable bonds is 4. The zero-order valence-electron chi connectivity index (χ0n) is 10.1. The Labute approximate surface area is 89.0 Å². The lowest BCUT2D eigenvalue weighted by Crippen LogP contribution is -2.07. The van der Waals surface area contributed by atoms with E-state index >= 15 is 0 Å². The molecule has 80 valence electrons. The molecule has 0 amide bonds. The lowest BCUT2D eigenvalue weighted by Gasteiger charge is -2.13. The van der Waals surface area contributed by atoms with E-state index in [4.69, 9.17) is 0 Å². The average Bonchev–Trinajstić information content (AvgIpc) is 2.16. The summed E-state index contributed by atoms with van der Waals surface area (Å²) in [6.45, 7) is 8.71. The summed E-state index contributed by atoms with van der Waals surface area (Å²) in [5.41, 5.74) is 0. The maximum atomic E-state index is 3.33. The first kappa shape index (κ1) is 13.1. The first-order valence-electron chi connectivity index (χ1n) is 5.46. The van der Waals surface area contributed by atoms with E-state index in [-0.39, 0.29) is 0 Å². The van der Waals surface area contributed by atoms with Gasteiger partial charge in [-0.1, -0.05) is 52.0 Å². The molecule has 0 bridgehead atoms. The van der Waals surface area contributed by atoms with Crippen LogP contribution in [-0.2, 0) is 0 Å². The topological polar surface area (TPSA) is 12.0 Å². The smallest absolute Gasteiger partial charge is 0.0425 e. The summed E-state index contributed by atoms with van der Waals surface area (Å²) < 4.78 is 0. The zero-order valence-corrected chi connectivity index (χ0v) is 10.1. The molecule has 0 aromatic rings. The number of nitrogens with one attached hydrogen (secondary N) is 1. The summed E-state index contributed by atoms with van der Waals surface area (Å²) in [6.07, 6.45) is 5.31. The summed E-state index contributed by atoms with van der Waals surface area (Å²) in [4.78, 5) is 0. The Hall–Kier alpha value is -0.900. The summed E-state index contributed by atoms with van der Waals surface area (Å²) >= 11 is 0. The molecule has 0 aromatic heterocycles. The minimum atomic E-state index is 0.384. The molecule has 14 heavy (non-hydrogen) atoms. The van der Waals surface area contributed by atoms with Gasteiger partial charge in [-0.3, -0.25) is 0 Å². The Kier molecular flexibility index (Phi) is 7.02. The molecule has 0 aliphatic heterocycles. The second kappa shape index (κ2) is 7.50. The molecule has 0 aliphatic rings. The summed E-state index contributed by atoms with van der Waals surface area (Å²) in [7, 11) is 1.92. The highest BCUT2D eigenvalue weighted by Crippen LogP contribution is 2.15. The van der Waals surface area contributed by atoms with Gasteiger partial charge in [0.15, 0.2) is 0 Å². The van der Waals surface area contributed by atoms with Gasteiger partial charge in [0.1, 0.15) is 0 Å². The fourth-order valence-corrected chi connectivity index (χ4v) is 1.10. The highest BCUT2D eigenvalue weighted by atomic mass is 14.8. The van der Waals surface area contributed by atoms with Crippen molar-refractivity contribution in [3.63, 3.8) is 0 Å². The lowest BCUT2D eigenvalue weighted by atomic mass is 9.92. The van der Waals surface area contributed by atoms with Crippen molar-refractivity contribution in [1.29, 1.82) is 0 Å². The van der Waals surface area contributed by atoms with Gasteiger partial charge in [0.2, 0.25) is 0 Å². The van der Waals surface area contributed by atoms with Crippen molar-refractivity contribution in [2.75, 3.05) is 7.05 Å². The van der Waals surface area contributed by atoms with Gasteiger partial charge in [-0.2, -0.15) is 0 Å². The van der Waals surface area contributed by atoms with Gasteiger partial charge in [-0.25, -0.2) is 0 Å². The van der Waals surface area contributed by atoms with Crippen molar-refractivity contribution in [3.05, 3.63) is 12.3 Å². The van der Waals surface area contributed by atoms with E-state index in [9.17, 15) is 0 Å². The molecule has 0 saturated carbocycles. The fraction of sp³-hybridized carbons (Fsp3) is 0.692. The van der Waals surface area contributed by atoms with Crippen LogP contribution in [0.25, 0.3) is 0 Å².